The van der Waals surface area contributed by atoms with Gasteiger partial charge in [-0.25, -0.2) is 9.79 Å². The first-order valence-electron chi connectivity index (χ1n) is 5.79. The minimum Gasteiger partial charge on any atom is -0.486 e. The molecule has 1 heterocycles. The summed E-state index contributed by atoms with van der Waals surface area (Å²) in [5.74, 6) is 1.58. The van der Waals surface area contributed by atoms with Crippen LogP contribution < -0.4 is 9.47 Å². The van der Waals surface area contributed by atoms with Gasteiger partial charge in [-0.1, -0.05) is 25.4 Å². The number of fused-ring (bicyclic) bond motifs is 1. The number of ether oxygens (including phenoxy) is 2. The number of aliphatic imine (C=N–C) groups is 1. The molecule has 2 rings (SSSR count). The van der Waals surface area contributed by atoms with Gasteiger partial charge in [0.25, 0.3) is 0 Å². The molecule has 0 saturated heterocycles. The van der Waals surface area contributed by atoms with Gasteiger partial charge in [0.15, 0.2) is 11.5 Å². The average molecular weight is 268 g/mol. The molecule has 96 valence electrons. The number of halogens is 1. The van der Waals surface area contributed by atoms with Crippen LogP contribution >= 0.6 is 11.6 Å². The summed E-state index contributed by atoms with van der Waals surface area (Å²) >= 11 is 6.22. The first-order valence-corrected chi connectivity index (χ1v) is 6.17. The van der Waals surface area contributed by atoms with Crippen molar-refractivity contribution in [1.82, 2.24) is 0 Å². The molecule has 0 aliphatic carbocycles. The van der Waals surface area contributed by atoms with Gasteiger partial charge in [0.1, 0.15) is 13.2 Å². The molecule has 5 heteroatoms. The number of hydrogen-bond donors (Lipinski definition) is 0. The van der Waals surface area contributed by atoms with Crippen molar-refractivity contribution >= 4 is 17.7 Å². The van der Waals surface area contributed by atoms with Crippen molar-refractivity contribution in [3.8, 4) is 11.5 Å². The topological polar surface area (TPSA) is 47.9 Å². The SMILES string of the molecule is CC(C)c1c(CN=C=O)c(Cl)cc2c1OCCO2. The Morgan fingerprint density at radius 3 is 2.83 bits per heavy atom. The Hall–Kier alpha value is -1.51. The zero-order valence-corrected chi connectivity index (χ0v) is 11.1. The molecule has 0 spiro atoms. The van der Waals surface area contributed by atoms with Crippen molar-refractivity contribution in [2.45, 2.75) is 26.3 Å². The van der Waals surface area contributed by atoms with E-state index in [0.29, 0.717) is 24.0 Å². The normalized spacial score (nSPS) is 13.3. The molecule has 18 heavy (non-hydrogen) atoms. The molecule has 1 aliphatic rings. The van der Waals surface area contributed by atoms with Crippen LogP contribution in [-0.2, 0) is 11.3 Å². The Labute approximate surface area is 111 Å². The van der Waals surface area contributed by atoms with E-state index in [1.165, 1.54) is 6.08 Å². The number of nitrogens with zero attached hydrogens (tertiary/aromatic N) is 1. The Bertz CT molecular complexity index is 507. The lowest BCUT2D eigenvalue weighted by molar-refractivity contribution is 0.169. The highest BCUT2D eigenvalue weighted by Gasteiger charge is 2.23. The first-order chi connectivity index (χ1) is 8.65. The molecular weight excluding hydrogens is 254 g/mol. The van der Waals surface area contributed by atoms with Crippen LogP contribution in [0, 0.1) is 0 Å². The highest BCUT2D eigenvalue weighted by atomic mass is 35.5. The molecule has 0 atom stereocenters. The largest absolute Gasteiger partial charge is 0.486 e. The Morgan fingerprint density at radius 2 is 2.17 bits per heavy atom. The third-order valence-electron chi connectivity index (χ3n) is 2.81. The summed E-state index contributed by atoms with van der Waals surface area (Å²) in [5.41, 5.74) is 1.76. The van der Waals surface area contributed by atoms with Crippen LogP contribution in [0.5, 0.6) is 11.5 Å². The van der Waals surface area contributed by atoms with Crippen molar-refractivity contribution < 1.29 is 14.3 Å². The molecular formula is C13H14ClNO3. The Morgan fingerprint density at radius 1 is 1.44 bits per heavy atom. The van der Waals surface area contributed by atoms with Gasteiger partial charge in [-0.2, -0.15) is 0 Å². The molecule has 0 unspecified atom stereocenters. The molecule has 0 saturated carbocycles. The van der Waals surface area contributed by atoms with Gasteiger partial charge in [-0.3, -0.25) is 0 Å². The van der Waals surface area contributed by atoms with Gasteiger partial charge in [0.2, 0.25) is 6.08 Å². The standard InChI is InChI=1S/C13H14ClNO3/c1-8(2)12-9(6-15-7-16)10(14)5-11-13(12)18-4-3-17-11/h5,8H,3-4,6H2,1-2H3. The lowest BCUT2D eigenvalue weighted by atomic mass is 9.95. The summed E-state index contributed by atoms with van der Waals surface area (Å²) in [6.07, 6.45) is 1.53. The molecule has 0 radical (unpaired) electrons. The predicted molar refractivity (Wildman–Crippen MR) is 68.4 cm³/mol. The fraction of sp³-hybridized carbons (Fsp3) is 0.462. The average Bonchev–Trinajstić information content (AvgIpc) is 2.35. The van der Waals surface area contributed by atoms with Gasteiger partial charge in [0.05, 0.1) is 6.54 Å². The second-order valence-corrected chi connectivity index (χ2v) is 4.74. The van der Waals surface area contributed by atoms with Crippen LogP contribution in [0.2, 0.25) is 5.02 Å². The van der Waals surface area contributed by atoms with E-state index in [9.17, 15) is 4.79 Å². The van der Waals surface area contributed by atoms with Crippen LogP contribution in [0.15, 0.2) is 11.1 Å². The molecule has 1 aromatic carbocycles. The molecule has 4 nitrogen and oxygen atoms in total. The van der Waals surface area contributed by atoms with Crippen LogP contribution in [0.1, 0.15) is 30.9 Å². The van der Waals surface area contributed by atoms with E-state index in [1.807, 2.05) is 13.8 Å². The molecule has 0 aromatic heterocycles. The summed E-state index contributed by atoms with van der Waals surface area (Å²) in [7, 11) is 0. The van der Waals surface area contributed by atoms with Crippen molar-refractivity contribution in [2.75, 3.05) is 13.2 Å². The lowest BCUT2D eigenvalue weighted by Gasteiger charge is -2.25. The number of isocyanates is 1. The maximum Gasteiger partial charge on any atom is 0.235 e. The first kappa shape index (κ1) is 12.9. The summed E-state index contributed by atoms with van der Waals surface area (Å²) in [6.45, 7) is 5.33. The molecule has 0 N–H and O–H groups in total. The third kappa shape index (κ3) is 2.35. The highest BCUT2D eigenvalue weighted by Crippen LogP contribution is 2.43. The van der Waals surface area contributed by atoms with Gasteiger partial charge >= 0.3 is 0 Å². The van der Waals surface area contributed by atoms with Gasteiger partial charge in [-0.05, 0) is 5.92 Å². The van der Waals surface area contributed by atoms with Crippen LogP contribution in [0.25, 0.3) is 0 Å². The van der Waals surface area contributed by atoms with E-state index in [1.54, 1.807) is 6.07 Å². The lowest BCUT2D eigenvalue weighted by Crippen LogP contribution is -2.18. The molecule has 0 amide bonds. The van der Waals surface area contributed by atoms with Crippen molar-refractivity contribution in [1.29, 1.82) is 0 Å². The second-order valence-electron chi connectivity index (χ2n) is 4.34. The third-order valence-corrected chi connectivity index (χ3v) is 3.14. The van der Waals surface area contributed by atoms with Gasteiger partial charge < -0.3 is 9.47 Å². The molecule has 1 aromatic rings. The zero-order valence-electron chi connectivity index (χ0n) is 10.3. The number of carbonyl (C=O) groups excluding carboxylic acids is 1. The van der Waals surface area contributed by atoms with E-state index in [0.717, 1.165) is 16.9 Å². The quantitative estimate of drug-likeness (QED) is 0.625. The fourth-order valence-corrected chi connectivity index (χ4v) is 2.36. The number of benzene rings is 1. The monoisotopic (exact) mass is 267 g/mol. The van der Waals surface area contributed by atoms with E-state index in [4.69, 9.17) is 21.1 Å². The van der Waals surface area contributed by atoms with Crippen LogP contribution in [-0.4, -0.2) is 19.3 Å². The van der Waals surface area contributed by atoms with Crippen LogP contribution in [0.4, 0.5) is 0 Å². The Kier molecular flexibility index (Phi) is 3.90. The minimum atomic E-state index is 0.205. The minimum absolute atomic E-state index is 0.205. The second kappa shape index (κ2) is 5.42. The van der Waals surface area contributed by atoms with E-state index in [-0.39, 0.29) is 12.5 Å². The fourth-order valence-electron chi connectivity index (χ4n) is 2.10. The van der Waals surface area contributed by atoms with E-state index in [2.05, 4.69) is 4.99 Å². The summed E-state index contributed by atoms with van der Waals surface area (Å²) in [5, 5.41) is 0.543. The van der Waals surface area contributed by atoms with Crippen LogP contribution in [0.3, 0.4) is 0 Å². The summed E-state index contributed by atoms with van der Waals surface area (Å²) in [6, 6.07) is 1.72. The predicted octanol–water partition coefficient (Wildman–Crippen LogP) is 3.07. The number of rotatable bonds is 3. The summed E-state index contributed by atoms with van der Waals surface area (Å²) < 4.78 is 11.2. The van der Waals surface area contributed by atoms with E-state index < -0.39 is 0 Å². The van der Waals surface area contributed by atoms with Gasteiger partial charge in [-0.15, -0.1) is 0 Å². The van der Waals surface area contributed by atoms with Crippen molar-refractivity contribution in [3.05, 3.63) is 22.2 Å². The Balaban J connectivity index is 2.60. The van der Waals surface area contributed by atoms with Gasteiger partial charge in [0, 0.05) is 22.2 Å². The van der Waals surface area contributed by atoms with E-state index >= 15 is 0 Å². The molecule has 0 fully saturated rings. The maximum atomic E-state index is 10.3. The highest BCUT2D eigenvalue weighted by molar-refractivity contribution is 6.31. The number of hydrogen-bond acceptors (Lipinski definition) is 4. The van der Waals surface area contributed by atoms with Crippen molar-refractivity contribution in [2.24, 2.45) is 4.99 Å². The summed E-state index contributed by atoms with van der Waals surface area (Å²) in [4.78, 5) is 13.9. The molecule has 1 aliphatic heterocycles. The molecule has 0 bridgehead atoms. The maximum absolute atomic E-state index is 10.3. The van der Waals surface area contributed by atoms with Crippen molar-refractivity contribution in [3.63, 3.8) is 0 Å². The zero-order chi connectivity index (χ0) is 13.1. The smallest absolute Gasteiger partial charge is 0.235 e.